The average Bonchev–Trinajstić information content (AvgIpc) is 4.26. The summed E-state index contributed by atoms with van der Waals surface area (Å²) in [6.45, 7) is 14.1. The number of nitrogens with zero attached hydrogens (tertiary/aromatic N) is 12. The largest absolute Gasteiger partial charge is 0.494 e. The van der Waals surface area contributed by atoms with Gasteiger partial charge in [-0.3, -0.25) is 9.80 Å². The van der Waals surface area contributed by atoms with Crippen LogP contribution >= 0.6 is 58.0 Å². The minimum absolute atomic E-state index is 0.000000000000000444. The van der Waals surface area contributed by atoms with Crippen molar-refractivity contribution in [3.63, 3.8) is 0 Å². The molecule has 5 aromatic rings. The van der Waals surface area contributed by atoms with Crippen molar-refractivity contribution in [1.82, 2.24) is 60.0 Å². The van der Waals surface area contributed by atoms with Gasteiger partial charge in [-0.2, -0.15) is 44.9 Å². The lowest BCUT2D eigenvalue weighted by Crippen LogP contribution is -2.36. The molecule has 4 aliphatic heterocycles. The summed E-state index contributed by atoms with van der Waals surface area (Å²) in [6.07, 6.45) is 9.72. The number of methoxy groups -OCH3 is 4. The summed E-state index contributed by atoms with van der Waals surface area (Å²) in [7, 11) is 6.29. The predicted molar refractivity (Wildman–Crippen MR) is 300 cm³/mol. The molecule has 4 saturated heterocycles. The average molecular weight is 1180 g/mol. The molecule has 424 valence electrons. The van der Waals surface area contributed by atoms with Crippen LogP contribution in [0.4, 0.5) is 43.9 Å². The molecule has 4 atom stereocenters. The number of ether oxygens (including phenoxy) is 4. The van der Waals surface area contributed by atoms with Crippen LogP contribution in [0.15, 0.2) is 36.4 Å². The highest BCUT2D eigenvalue weighted by Crippen LogP contribution is 2.28. The number of aromatic nitrogens is 9. The molecule has 7 heterocycles. The molecule has 6 N–H and O–H groups in total. The van der Waals surface area contributed by atoms with Gasteiger partial charge in [0.05, 0.1) is 33.5 Å². The van der Waals surface area contributed by atoms with Crippen LogP contribution in [-0.2, 0) is 9.47 Å². The second kappa shape index (κ2) is 33.7. The van der Waals surface area contributed by atoms with E-state index in [0.29, 0.717) is 54.0 Å². The van der Waals surface area contributed by atoms with Crippen molar-refractivity contribution in [3.05, 3.63) is 74.5 Å². The van der Waals surface area contributed by atoms with E-state index in [1.165, 1.54) is 84.2 Å². The summed E-state index contributed by atoms with van der Waals surface area (Å²) < 4.78 is 47.8. The van der Waals surface area contributed by atoms with Gasteiger partial charge in [0.15, 0.2) is 23.1 Å². The van der Waals surface area contributed by atoms with Crippen LogP contribution in [0.1, 0.15) is 65.2 Å². The Morgan fingerprint density at radius 3 is 1.53 bits per heavy atom. The maximum absolute atomic E-state index is 14.2. The molecule has 2 unspecified atom stereocenters. The van der Waals surface area contributed by atoms with Gasteiger partial charge in [0.1, 0.15) is 0 Å². The number of likely N-dealkylation sites (tertiary alicyclic amines) is 2. The zero-order valence-electron chi connectivity index (χ0n) is 44.2. The van der Waals surface area contributed by atoms with E-state index in [-0.39, 0.29) is 49.9 Å². The van der Waals surface area contributed by atoms with Crippen LogP contribution < -0.4 is 41.4 Å². The minimum Gasteiger partial charge on any atom is -0.494 e. The standard InChI is InChI=1S/C23H34FN7O2.C10H7Cl2FN4O.C7H16N2.C6H13NO.C3Cl3N3/c1-4-30-11-5-7-17(30)14-25-21-27-22(26-16-9-10-20(33-3)19(24)13-16)29-23(28-21)31-12-6-8-18(31)15-32-2;1-18-7-3-2-5(4-6(7)13)14-10-16-8(11)15-9(12)17-10;1-2-9-5-3-4-7(9)6-8;1-8-5-6-3-2-4-7-6;4-1-7-2(5)9-3(6)8-1/h9-10,13,17-18H,4-8,11-12,14-15H2,1-3H3,(H2,25,26,27,28,29);2-4H,1H3,(H,14,15,16,17);7H,2-6,8H2,1H3;6-7H,2-5H2,1H3;/t17?,18-;;;6-;/m0..0./s1. The molecule has 28 heteroatoms. The predicted octanol–water partition coefficient (Wildman–Crippen LogP) is 8.99. The van der Waals surface area contributed by atoms with E-state index < -0.39 is 11.6 Å². The Labute approximate surface area is 474 Å². The molecule has 0 amide bonds. The Morgan fingerprint density at radius 2 is 1.06 bits per heavy atom. The molecule has 2 aromatic carbocycles. The molecular formula is C49H70Cl5F2N17O4. The van der Waals surface area contributed by atoms with Crippen molar-refractivity contribution in [2.24, 2.45) is 5.73 Å². The number of halogens is 7. The van der Waals surface area contributed by atoms with E-state index in [9.17, 15) is 8.78 Å². The second-order valence-corrected chi connectivity index (χ2v) is 19.4. The molecule has 0 spiro atoms. The van der Waals surface area contributed by atoms with Gasteiger partial charge in [0.2, 0.25) is 50.2 Å². The van der Waals surface area contributed by atoms with E-state index in [1.807, 2.05) is 0 Å². The van der Waals surface area contributed by atoms with Gasteiger partial charge in [0, 0.05) is 75.5 Å². The van der Waals surface area contributed by atoms with Gasteiger partial charge in [-0.1, -0.05) is 13.8 Å². The Kier molecular flexibility index (Phi) is 27.7. The van der Waals surface area contributed by atoms with Gasteiger partial charge < -0.3 is 50.8 Å². The van der Waals surface area contributed by atoms with Crippen molar-refractivity contribution < 1.29 is 27.7 Å². The van der Waals surface area contributed by atoms with E-state index in [4.69, 9.17) is 87.7 Å². The maximum atomic E-state index is 14.2. The topological polar surface area (TPSA) is 237 Å². The number of benzene rings is 2. The molecule has 4 aliphatic rings. The van der Waals surface area contributed by atoms with Crippen LogP contribution in [-0.4, -0.2) is 173 Å². The van der Waals surface area contributed by atoms with Crippen molar-refractivity contribution in [3.8, 4) is 11.5 Å². The number of anilines is 6. The highest BCUT2D eigenvalue weighted by molar-refractivity contribution is 6.33. The van der Waals surface area contributed by atoms with Gasteiger partial charge in [0.25, 0.3) is 0 Å². The highest BCUT2D eigenvalue weighted by Gasteiger charge is 2.29. The fourth-order valence-electron chi connectivity index (χ4n) is 8.95. The van der Waals surface area contributed by atoms with Crippen LogP contribution in [0.3, 0.4) is 0 Å². The first-order valence-corrected chi connectivity index (χ1v) is 27.2. The molecule has 21 nitrogen and oxygen atoms in total. The highest BCUT2D eigenvalue weighted by atomic mass is 35.5. The van der Waals surface area contributed by atoms with Crippen molar-refractivity contribution in [2.75, 3.05) is 115 Å². The van der Waals surface area contributed by atoms with Gasteiger partial charge in [-0.25, -0.2) is 8.78 Å². The summed E-state index contributed by atoms with van der Waals surface area (Å²) >= 11 is 27.2. The molecule has 0 radical (unpaired) electrons. The van der Waals surface area contributed by atoms with Gasteiger partial charge >= 0.3 is 0 Å². The van der Waals surface area contributed by atoms with Crippen molar-refractivity contribution >= 4 is 93.2 Å². The van der Waals surface area contributed by atoms with Crippen LogP contribution in [0.5, 0.6) is 11.5 Å². The third-order valence-electron chi connectivity index (χ3n) is 12.7. The van der Waals surface area contributed by atoms with E-state index in [2.05, 4.69) is 89.7 Å². The summed E-state index contributed by atoms with van der Waals surface area (Å²) in [5, 5.41) is 12.5. The number of nitrogens with one attached hydrogen (secondary N) is 4. The van der Waals surface area contributed by atoms with E-state index in [0.717, 1.165) is 58.6 Å². The number of nitrogens with two attached hydrogens (primary N) is 1. The Balaban J connectivity index is 0.000000205. The van der Waals surface area contributed by atoms with Crippen LogP contribution in [0, 0.1) is 11.6 Å². The lowest BCUT2D eigenvalue weighted by Gasteiger charge is -2.25. The number of hydrogen-bond donors (Lipinski definition) is 5. The molecular weight excluding hydrogens is 1110 g/mol. The van der Waals surface area contributed by atoms with Crippen LogP contribution in [0.2, 0.25) is 26.4 Å². The second-order valence-electron chi connectivity index (χ2n) is 17.7. The van der Waals surface area contributed by atoms with Gasteiger partial charge in [-0.05, 0) is 166 Å². The first kappa shape index (κ1) is 63.2. The maximum Gasteiger partial charge on any atom is 0.233 e. The zero-order chi connectivity index (χ0) is 55.7. The number of hydrogen-bond acceptors (Lipinski definition) is 21. The quantitative estimate of drug-likeness (QED) is 0.0584. The molecule has 9 rings (SSSR count). The molecule has 3 aromatic heterocycles. The molecule has 0 bridgehead atoms. The van der Waals surface area contributed by atoms with Crippen molar-refractivity contribution in [2.45, 2.75) is 89.4 Å². The number of rotatable bonds is 17. The van der Waals surface area contributed by atoms with E-state index in [1.54, 1.807) is 32.4 Å². The summed E-state index contributed by atoms with van der Waals surface area (Å²) in [6, 6.07) is 11.0. The summed E-state index contributed by atoms with van der Waals surface area (Å²) in [4.78, 5) is 42.6. The van der Waals surface area contributed by atoms with E-state index >= 15 is 0 Å². The SMILES string of the molecule is CCN1CCCC1CN.CCN1CCCC1CNc1nc(Nc2ccc(OC)c(F)c2)nc(N2CCC[C@H]2COC)n1.COC[C@@H]1CCCN1.COc1ccc(Nc2nc(Cl)nc(Cl)n2)cc1F.Clc1nc(Cl)nc(Cl)n1. The minimum atomic E-state index is -0.506. The molecule has 0 aliphatic carbocycles. The number of likely N-dealkylation sites (N-methyl/N-ethyl adjacent to an activating group) is 2. The molecule has 0 saturated carbocycles. The summed E-state index contributed by atoms with van der Waals surface area (Å²) in [5.41, 5.74) is 6.54. The monoisotopic (exact) mass is 1170 g/mol. The molecule has 4 fully saturated rings. The Bertz CT molecular complexity index is 2470. The molecule has 77 heavy (non-hydrogen) atoms. The lowest BCUT2D eigenvalue weighted by molar-refractivity contribution is 0.173. The fourth-order valence-corrected chi connectivity index (χ4v) is 9.93. The van der Waals surface area contributed by atoms with Crippen molar-refractivity contribution in [1.29, 1.82) is 0 Å². The summed E-state index contributed by atoms with van der Waals surface area (Å²) in [5.74, 6) is 0.996. The van der Waals surface area contributed by atoms with Gasteiger partial charge in [-0.15, -0.1) is 0 Å². The Morgan fingerprint density at radius 1 is 0.584 bits per heavy atom. The Hall–Kier alpha value is -4.66. The first-order valence-electron chi connectivity index (χ1n) is 25.4. The third-order valence-corrected chi connectivity index (χ3v) is 13.5. The van der Waals surface area contributed by atoms with Crippen LogP contribution in [0.25, 0.3) is 0 Å². The first-order chi connectivity index (χ1) is 37.2. The third kappa shape index (κ3) is 21.2. The normalized spacial score (nSPS) is 18.9. The zero-order valence-corrected chi connectivity index (χ0v) is 48.0. The fraction of sp³-hybridized carbons (Fsp3) is 0.571. The smallest absolute Gasteiger partial charge is 0.233 e. The lowest BCUT2D eigenvalue weighted by atomic mass is 10.2.